The van der Waals surface area contributed by atoms with E-state index in [2.05, 4.69) is 33.9 Å². The van der Waals surface area contributed by atoms with Crippen molar-refractivity contribution in [3.8, 4) is 0 Å². The van der Waals surface area contributed by atoms with Crippen LogP contribution in [-0.2, 0) is 11.2 Å². The lowest BCUT2D eigenvalue weighted by Gasteiger charge is -2.48. The van der Waals surface area contributed by atoms with Gasteiger partial charge in [0.2, 0.25) is 5.91 Å². The van der Waals surface area contributed by atoms with Gasteiger partial charge in [0.1, 0.15) is 11.6 Å². The van der Waals surface area contributed by atoms with Crippen LogP contribution < -0.4 is 5.32 Å². The Morgan fingerprint density at radius 1 is 1.10 bits per heavy atom. The van der Waals surface area contributed by atoms with Crippen molar-refractivity contribution in [2.45, 2.75) is 45.2 Å². The molecule has 1 saturated heterocycles. The summed E-state index contributed by atoms with van der Waals surface area (Å²) in [6.07, 6.45) is 2.53. The van der Waals surface area contributed by atoms with Crippen LogP contribution in [0, 0.1) is 11.6 Å². The van der Waals surface area contributed by atoms with Gasteiger partial charge in [-0.1, -0.05) is 25.1 Å². The van der Waals surface area contributed by atoms with Crippen molar-refractivity contribution in [3.63, 3.8) is 0 Å². The molecule has 0 bridgehead atoms. The normalized spacial score (nSPS) is 16.8. The van der Waals surface area contributed by atoms with Crippen molar-refractivity contribution in [2.24, 2.45) is 0 Å². The molecule has 1 amide bonds. The molecule has 1 fully saturated rings. The highest BCUT2D eigenvalue weighted by Gasteiger charge is 2.39. The van der Waals surface area contributed by atoms with Gasteiger partial charge in [-0.15, -0.1) is 0 Å². The molecule has 168 valence electrons. The Hall–Kier alpha value is -2.38. The zero-order valence-electron chi connectivity index (χ0n) is 18.6. The Morgan fingerprint density at radius 2 is 1.77 bits per heavy atom. The second-order valence-corrected chi connectivity index (χ2v) is 8.54. The number of amides is 1. The molecule has 0 aliphatic carbocycles. The summed E-state index contributed by atoms with van der Waals surface area (Å²) >= 11 is 0. The van der Waals surface area contributed by atoms with Gasteiger partial charge in [0.25, 0.3) is 0 Å². The summed E-state index contributed by atoms with van der Waals surface area (Å²) in [5.41, 5.74) is 0.515. The number of benzene rings is 1. The third kappa shape index (κ3) is 5.66. The van der Waals surface area contributed by atoms with Gasteiger partial charge in [0.05, 0.1) is 11.7 Å². The molecule has 1 unspecified atom stereocenters. The van der Waals surface area contributed by atoms with Crippen LogP contribution in [0.25, 0.3) is 0 Å². The van der Waals surface area contributed by atoms with Gasteiger partial charge in [0, 0.05) is 62.9 Å². The van der Waals surface area contributed by atoms with Gasteiger partial charge in [-0.3, -0.25) is 14.7 Å². The maximum atomic E-state index is 14.6. The molecule has 31 heavy (non-hydrogen) atoms. The fourth-order valence-corrected chi connectivity index (χ4v) is 4.20. The van der Waals surface area contributed by atoms with Gasteiger partial charge in [-0.25, -0.2) is 8.78 Å². The Labute approximate surface area is 183 Å². The monoisotopic (exact) mass is 430 g/mol. The quantitative estimate of drug-likeness (QED) is 0.696. The van der Waals surface area contributed by atoms with E-state index in [1.807, 2.05) is 0 Å². The van der Waals surface area contributed by atoms with E-state index in [1.165, 1.54) is 12.1 Å². The van der Waals surface area contributed by atoms with Crippen LogP contribution in [0.5, 0.6) is 0 Å². The molecule has 0 spiro atoms. The second-order valence-electron chi connectivity index (χ2n) is 8.54. The summed E-state index contributed by atoms with van der Waals surface area (Å²) < 4.78 is 28.5. The average molecular weight is 431 g/mol. The van der Waals surface area contributed by atoms with Crippen LogP contribution in [0.4, 0.5) is 8.78 Å². The molecule has 7 heteroatoms. The fraction of sp³-hybridized carbons (Fsp3) is 0.500. The van der Waals surface area contributed by atoms with E-state index >= 15 is 0 Å². The first kappa shape index (κ1) is 23.3. The van der Waals surface area contributed by atoms with Crippen LogP contribution >= 0.6 is 0 Å². The Morgan fingerprint density at radius 3 is 2.42 bits per heavy atom. The molecular weight excluding hydrogens is 398 g/mol. The zero-order chi connectivity index (χ0) is 22.4. The molecule has 1 N–H and O–H groups in total. The van der Waals surface area contributed by atoms with Gasteiger partial charge < -0.3 is 10.2 Å². The third-order valence-electron chi connectivity index (χ3n) is 6.24. The Balaban J connectivity index is 1.67. The highest BCUT2D eigenvalue weighted by molar-refractivity contribution is 5.76. The van der Waals surface area contributed by atoms with Crippen LogP contribution in [0.1, 0.15) is 44.5 Å². The molecule has 2 aromatic rings. The highest BCUT2D eigenvalue weighted by Crippen LogP contribution is 2.33. The van der Waals surface area contributed by atoms with Gasteiger partial charge in [-0.05, 0) is 32.0 Å². The summed E-state index contributed by atoms with van der Waals surface area (Å²) in [7, 11) is 0. The van der Waals surface area contributed by atoms with Crippen molar-refractivity contribution in [1.82, 2.24) is 20.1 Å². The summed E-state index contributed by atoms with van der Waals surface area (Å²) in [6, 6.07) is 9.22. The van der Waals surface area contributed by atoms with Crippen LogP contribution in [0.3, 0.4) is 0 Å². The number of carbonyl (C=O) groups excluding carboxylic acids is 1. The Bertz CT molecular complexity index is 881. The topological polar surface area (TPSA) is 48.5 Å². The number of halogens is 2. The van der Waals surface area contributed by atoms with Crippen LogP contribution in [0.15, 0.2) is 42.6 Å². The number of aromatic nitrogens is 1. The molecule has 2 heterocycles. The molecule has 5 nitrogen and oxygen atoms in total. The van der Waals surface area contributed by atoms with E-state index in [0.717, 1.165) is 32.7 Å². The maximum Gasteiger partial charge on any atom is 0.220 e. The first-order valence-electron chi connectivity index (χ1n) is 10.9. The summed E-state index contributed by atoms with van der Waals surface area (Å²) in [5, 5.41) is 3.04. The minimum absolute atomic E-state index is 0.0997. The molecule has 0 saturated carbocycles. The summed E-state index contributed by atoms with van der Waals surface area (Å²) in [5.74, 6) is -0.674. The first-order chi connectivity index (χ1) is 14.8. The van der Waals surface area contributed by atoms with Crippen LogP contribution in [-0.4, -0.2) is 59.0 Å². The number of piperazine rings is 1. The first-order valence-corrected chi connectivity index (χ1v) is 10.9. The van der Waals surface area contributed by atoms with Crippen molar-refractivity contribution in [1.29, 1.82) is 0 Å². The van der Waals surface area contributed by atoms with Gasteiger partial charge >= 0.3 is 0 Å². The number of hydrogen-bond donors (Lipinski definition) is 1. The highest BCUT2D eigenvalue weighted by atomic mass is 19.1. The van der Waals surface area contributed by atoms with E-state index in [1.54, 1.807) is 37.4 Å². The molecule has 0 radical (unpaired) electrons. The van der Waals surface area contributed by atoms with E-state index in [9.17, 15) is 13.6 Å². The fourth-order valence-electron chi connectivity index (χ4n) is 4.20. The molecule has 3 rings (SSSR count). The smallest absolute Gasteiger partial charge is 0.220 e. The zero-order valence-corrected chi connectivity index (χ0v) is 18.6. The van der Waals surface area contributed by atoms with Crippen molar-refractivity contribution >= 4 is 5.91 Å². The predicted octanol–water partition coefficient (Wildman–Crippen LogP) is 3.57. The molecular formula is C24H32F2N4O. The number of nitrogens with zero attached hydrogens (tertiary/aromatic N) is 3. The molecule has 1 aliphatic rings. The molecule has 1 atom stereocenters. The summed E-state index contributed by atoms with van der Waals surface area (Å²) in [4.78, 5) is 21.0. The van der Waals surface area contributed by atoms with E-state index in [-0.39, 0.29) is 17.5 Å². The standard InChI is InChI=1S/C24H32F2N4O/c1-4-22(31)28-23(18-8-5-6-9-19(18)25)24(2,3)30-16-14-29(15-17-30)13-11-21-20(26)10-7-12-27-21/h5-10,12,23H,4,11,13-17H2,1-3H3,(H,28,31). The number of hydrogen-bond acceptors (Lipinski definition) is 4. The van der Waals surface area contributed by atoms with Crippen molar-refractivity contribution in [3.05, 3.63) is 65.5 Å². The summed E-state index contributed by atoms with van der Waals surface area (Å²) in [6.45, 7) is 9.86. The SMILES string of the molecule is CCC(=O)NC(c1ccccc1F)C(C)(C)N1CCN(CCc2ncccc2F)CC1. The van der Waals surface area contributed by atoms with E-state index < -0.39 is 11.6 Å². The largest absolute Gasteiger partial charge is 0.347 e. The average Bonchev–Trinajstić information content (AvgIpc) is 2.77. The van der Waals surface area contributed by atoms with Crippen molar-refractivity contribution < 1.29 is 13.6 Å². The van der Waals surface area contributed by atoms with Crippen molar-refractivity contribution in [2.75, 3.05) is 32.7 Å². The van der Waals surface area contributed by atoms with E-state index in [4.69, 9.17) is 0 Å². The molecule has 1 aromatic heterocycles. The van der Waals surface area contributed by atoms with Gasteiger partial charge in [0.15, 0.2) is 0 Å². The third-order valence-corrected chi connectivity index (χ3v) is 6.24. The van der Waals surface area contributed by atoms with Gasteiger partial charge in [-0.2, -0.15) is 0 Å². The lowest BCUT2D eigenvalue weighted by molar-refractivity contribution is -0.122. The minimum Gasteiger partial charge on any atom is -0.347 e. The molecule has 1 aromatic carbocycles. The maximum absolute atomic E-state index is 14.6. The lowest BCUT2D eigenvalue weighted by Crippen LogP contribution is -2.59. The second kappa shape index (κ2) is 10.3. The lowest BCUT2D eigenvalue weighted by atomic mass is 9.85. The number of rotatable bonds is 8. The number of pyridine rings is 1. The van der Waals surface area contributed by atoms with E-state index in [0.29, 0.717) is 24.1 Å². The molecule has 1 aliphatic heterocycles. The minimum atomic E-state index is -0.480. The van der Waals surface area contributed by atoms with Crippen LogP contribution in [0.2, 0.25) is 0 Å². The Kier molecular flexibility index (Phi) is 7.73. The predicted molar refractivity (Wildman–Crippen MR) is 118 cm³/mol. The number of nitrogens with one attached hydrogen (secondary N) is 1. The number of carbonyl (C=O) groups is 1.